The zero-order valence-electron chi connectivity index (χ0n) is 23.6. The number of nitrogens with one attached hydrogen (secondary N) is 2. The summed E-state index contributed by atoms with van der Waals surface area (Å²) < 4.78 is 9.29. The van der Waals surface area contributed by atoms with Gasteiger partial charge in [-0.25, -0.2) is 9.48 Å². The number of alkyl carbamates (subject to hydrolysis) is 1. The number of carbonyl (C=O) groups is 2. The lowest BCUT2D eigenvalue weighted by Crippen LogP contribution is -2.33. The van der Waals surface area contributed by atoms with E-state index in [1.54, 1.807) is 12.4 Å². The number of ether oxygens (including phenoxy) is 1. The summed E-state index contributed by atoms with van der Waals surface area (Å²) in [7, 11) is 0. The number of carbonyl (C=O) groups excluding carboxylic acids is 2. The van der Waals surface area contributed by atoms with Crippen LogP contribution in [-0.2, 0) is 16.8 Å². The van der Waals surface area contributed by atoms with Gasteiger partial charge >= 0.3 is 6.09 Å². The number of amides is 2. The highest BCUT2D eigenvalue weighted by molar-refractivity contribution is 6.03. The number of aromatic nitrogens is 4. The Morgan fingerprint density at radius 2 is 1.92 bits per heavy atom. The summed E-state index contributed by atoms with van der Waals surface area (Å²) in [6, 6.07) is 1.99. The van der Waals surface area contributed by atoms with Gasteiger partial charge in [-0.2, -0.15) is 10.2 Å². The Kier molecular flexibility index (Phi) is 10.4. The van der Waals surface area contributed by atoms with Crippen molar-refractivity contribution in [3.63, 3.8) is 0 Å². The Morgan fingerprint density at radius 3 is 2.63 bits per heavy atom. The summed E-state index contributed by atoms with van der Waals surface area (Å²) >= 11 is 0. The Hall–Kier alpha value is -3.28. The molecule has 0 saturated heterocycles. The van der Waals surface area contributed by atoms with Gasteiger partial charge in [-0.3, -0.25) is 9.48 Å². The van der Waals surface area contributed by atoms with Crippen LogP contribution in [0.1, 0.15) is 114 Å². The van der Waals surface area contributed by atoms with Crippen molar-refractivity contribution in [2.45, 2.75) is 123 Å². The maximum atomic E-state index is 13.1. The molecule has 2 N–H and O–H groups in total. The molecule has 2 atom stereocenters. The molecule has 1 aliphatic rings. The summed E-state index contributed by atoms with van der Waals surface area (Å²) in [6.45, 7) is 10.8. The molecule has 0 spiro atoms. The lowest BCUT2D eigenvalue weighted by molar-refractivity contribution is 0.0979. The van der Waals surface area contributed by atoms with E-state index in [2.05, 4.69) is 42.4 Å². The molecule has 0 aromatic carbocycles. The van der Waals surface area contributed by atoms with Crippen LogP contribution in [0.4, 0.5) is 10.6 Å². The molecule has 2 heterocycles. The molecular formula is C29H44N6O3. The van der Waals surface area contributed by atoms with Crippen LogP contribution >= 0.6 is 0 Å². The third-order valence-electron chi connectivity index (χ3n) is 6.69. The molecule has 208 valence electrons. The summed E-state index contributed by atoms with van der Waals surface area (Å²) in [5.41, 5.74) is 1.10. The molecule has 1 fully saturated rings. The van der Waals surface area contributed by atoms with Gasteiger partial charge in [0.25, 0.3) is 5.91 Å². The van der Waals surface area contributed by atoms with E-state index < -0.39 is 0 Å². The number of hydrogen-bond donors (Lipinski definition) is 2. The summed E-state index contributed by atoms with van der Waals surface area (Å²) in [6.07, 6.45) is 17.0. The molecule has 9 nitrogen and oxygen atoms in total. The molecule has 0 unspecified atom stereocenters. The van der Waals surface area contributed by atoms with E-state index in [-0.39, 0.29) is 35.6 Å². The van der Waals surface area contributed by atoms with Gasteiger partial charge < -0.3 is 15.4 Å². The van der Waals surface area contributed by atoms with E-state index in [9.17, 15) is 9.59 Å². The Morgan fingerprint density at radius 1 is 1.18 bits per heavy atom. The van der Waals surface area contributed by atoms with Crippen molar-refractivity contribution in [2.24, 2.45) is 0 Å². The van der Waals surface area contributed by atoms with Gasteiger partial charge in [-0.05, 0) is 66.7 Å². The molecule has 0 bridgehead atoms. The van der Waals surface area contributed by atoms with Crippen LogP contribution in [0.3, 0.4) is 0 Å². The molecule has 1 aliphatic carbocycles. The minimum absolute atomic E-state index is 0.0370. The fraction of sp³-hybridized carbons (Fsp3) is 0.655. The topological polar surface area (TPSA) is 103 Å². The quantitative estimate of drug-likeness (QED) is 0.269. The van der Waals surface area contributed by atoms with Gasteiger partial charge in [0, 0.05) is 37.2 Å². The number of nitrogens with zero attached hydrogens (tertiary/aromatic N) is 4. The molecule has 2 aromatic rings. The fourth-order valence-electron chi connectivity index (χ4n) is 4.76. The van der Waals surface area contributed by atoms with Gasteiger partial charge in [0.1, 0.15) is 11.9 Å². The maximum absolute atomic E-state index is 13.1. The average Bonchev–Trinajstić information content (AvgIpc) is 3.57. The lowest BCUT2D eigenvalue weighted by atomic mass is 10.0. The fourth-order valence-corrected chi connectivity index (χ4v) is 4.76. The van der Waals surface area contributed by atoms with Crippen molar-refractivity contribution < 1.29 is 14.3 Å². The highest BCUT2D eigenvalue weighted by Crippen LogP contribution is 2.37. The van der Waals surface area contributed by atoms with Crippen LogP contribution in [-0.4, -0.2) is 43.7 Å². The van der Waals surface area contributed by atoms with Crippen LogP contribution in [0.25, 0.3) is 0 Å². The van der Waals surface area contributed by atoms with Crippen molar-refractivity contribution >= 4 is 17.8 Å². The monoisotopic (exact) mass is 524 g/mol. The van der Waals surface area contributed by atoms with Crippen LogP contribution in [0.15, 0.2) is 18.5 Å². The molecule has 0 aliphatic heterocycles. The first-order valence-electron chi connectivity index (χ1n) is 13.9. The van der Waals surface area contributed by atoms with E-state index in [0.29, 0.717) is 11.4 Å². The third kappa shape index (κ3) is 8.64. The van der Waals surface area contributed by atoms with Crippen molar-refractivity contribution in [3.8, 4) is 12.3 Å². The number of hydrogen-bond acceptors (Lipinski definition) is 5. The first-order valence-corrected chi connectivity index (χ1v) is 13.9. The molecule has 9 heteroatoms. The average molecular weight is 525 g/mol. The van der Waals surface area contributed by atoms with Crippen LogP contribution in [0, 0.1) is 12.3 Å². The van der Waals surface area contributed by atoms with E-state index in [0.717, 1.165) is 70.0 Å². The van der Waals surface area contributed by atoms with Gasteiger partial charge in [0.2, 0.25) is 0 Å². The smallest absolute Gasteiger partial charge is 0.407 e. The molecule has 1 saturated carbocycles. The number of terminal acetylenes is 1. The van der Waals surface area contributed by atoms with E-state index in [1.165, 1.54) is 0 Å². The maximum Gasteiger partial charge on any atom is 0.407 e. The van der Waals surface area contributed by atoms with Gasteiger partial charge in [0.15, 0.2) is 0 Å². The summed E-state index contributed by atoms with van der Waals surface area (Å²) in [5, 5.41) is 15.1. The second-order valence-electron chi connectivity index (χ2n) is 11.5. The molecular weight excluding hydrogens is 480 g/mol. The van der Waals surface area contributed by atoms with E-state index >= 15 is 0 Å². The predicted octanol–water partition coefficient (Wildman–Crippen LogP) is 5.83. The third-order valence-corrected chi connectivity index (χ3v) is 6.69. The second-order valence-corrected chi connectivity index (χ2v) is 11.5. The van der Waals surface area contributed by atoms with E-state index in [4.69, 9.17) is 16.3 Å². The second kappa shape index (κ2) is 13.5. The molecule has 0 radical (unpaired) electrons. The minimum Gasteiger partial charge on any atom is -0.446 e. The minimum atomic E-state index is -0.376. The largest absolute Gasteiger partial charge is 0.446 e. The predicted molar refractivity (Wildman–Crippen MR) is 149 cm³/mol. The molecule has 2 amide bonds. The Labute approximate surface area is 227 Å². The number of aryl methyl sites for hydroxylation is 1. The molecule has 3 rings (SSSR count). The van der Waals surface area contributed by atoms with Gasteiger partial charge in [-0.15, -0.1) is 12.3 Å². The zero-order valence-corrected chi connectivity index (χ0v) is 23.6. The first-order chi connectivity index (χ1) is 18.1. The Bertz CT molecular complexity index is 1100. The van der Waals surface area contributed by atoms with Crippen molar-refractivity contribution in [3.05, 3.63) is 29.7 Å². The van der Waals surface area contributed by atoms with Crippen molar-refractivity contribution in [1.29, 1.82) is 0 Å². The number of anilines is 1. The van der Waals surface area contributed by atoms with Crippen LogP contribution in [0.5, 0.6) is 0 Å². The van der Waals surface area contributed by atoms with Gasteiger partial charge in [-0.1, -0.05) is 19.3 Å². The zero-order chi connectivity index (χ0) is 27.7. The Balaban J connectivity index is 1.58. The van der Waals surface area contributed by atoms with Crippen molar-refractivity contribution in [1.82, 2.24) is 24.9 Å². The van der Waals surface area contributed by atoms with Crippen LogP contribution in [0.2, 0.25) is 0 Å². The SMILES string of the molecule is C#CCCCCCCCn1cc(C(=O)Nc2cc([C@H]3CC[C@@H](OC(=O)NC(C)C)C3)nn2C(C)(C)C)cn1. The van der Waals surface area contributed by atoms with E-state index in [1.807, 2.05) is 29.3 Å². The first kappa shape index (κ1) is 29.3. The highest BCUT2D eigenvalue weighted by atomic mass is 16.6. The molecule has 2 aromatic heterocycles. The number of rotatable bonds is 12. The van der Waals surface area contributed by atoms with Crippen molar-refractivity contribution in [2.75, 3.05) is 5.32 Å². The van der Waals surface area contributed by atoms with Gasteiger partial charge in [0.05, 0.1) is 23.0 Å². The lowest BCUT2D eigenvalue weighted by Gasteiger charge is -2.22. The van der Waals surface area contributed by atoms with Crippen LogP contribution < -0.4 is 10.6 Å². The molecule has 38 heavy (non-hydrogen) atoms. The highest BCUT2D eigenvalue weighted by Gasteiger charge is 2.32. The summed E-state index contributed by atoms with van der Waals surface area (Å²) in [5.74, 6) is 3.29. The number of unbranched alkanes of at least 4 members (excludes halogenated alkanes) is 5. The standard InChI is InChI=1S/C29H44N6O3/c1-7-8-9-10-11-12-13-16-34-20-23(19-30-34)27(36)32-26-18-25(33-35(26)29(4,5)6)22-14-15-24(17-22)38-28(37)31-21(2)3/h1,18-22,24H,8-17H2,2-6H3,(H,31,37)(H,32,36)/t22-,24+/m0/s1. The summed E-state index contributed by atoms with van der Waals surface area (Å²) in [4.78, 5) is 25.1. The normalized spacial score (nSPS) is 17.4.